The molecule has 1 aromatic carbocycles. The van der Waals surface area contributed by atoms with Crippen LogP contribution in [-0.2, 0) is 27.5 Å². The summed E-state index contributed by atoms with van der Waals surface area (Å²) in [5.74, 6) is -0.126. The molecule has 2 aliphatic heterocycles. The molecular weight excluding hydrogens is 462 g/mol. The van der Waals surface area contributed by atoms with Gasteiger partial charge in [-0.15, -0.1) is 0 Å². The molecule has 1 aromatic heterocycles. The Morgan fingerprint density at radius 2 is 1.94 bits per heavy atom. The van der Waals surface area contributed by atoms with Crippen LogP contribution in [0.5, 0.6) is 0 Å². The molecular formula is C23H28BrN3O4. The molecule has 1 saturated heterocycles. The zero-order valence-corrected chi connectivity index (χ0v) is 19.6. The minimum atomic E-state index is -0.627. The van der Waals surface area contributed by atoms with E-state index in [1.165, 1.54) is 12.7 Å². The summed E-state index contributed by atoms with van der Waals surface area (Å²) < 4.78 is 11.5. The van der Waals surface area contributed by atoms with Crippen LogP contribution in [-0.4, -0.2) is 41.6 Å². The zero-order valence-electron chi connectivity index (χ0n) is 18.0. The van der Waals surface area contributed by atoms with Crippen LogP contribution in [0.25, 0.3) is 11.3 Å². The van der Waals surface area contributed by atoms with Gasteiger partial charge in [-0.3, -0.25) is 4.79 Å². The predicted octanol–water partition coefficient (Wildman–Crippen LogP) is 4.52. The number of carbonyl (C=O) groups is 2. The molecule has 2 N–H and O–H groups in total. The maximum absolute atomic E-state index is 13.4. The van der Waals surface area contributed by atoms with Gasteiger partial charge in [0.15, 0.2) is 0 Å². The average Bonchev–Trinajstić information content (AvgIpc) is 3.48. The largest absolute Gasteiger partial charge is 0.453 e. The second-order valence-electron chi connectivity index (χ2n) is 8.42. The van der Waals surface area contributed by atoms with Crippen molar-refractivity contribution >= 4 is 27.9 Å². The van der Waals surface area contributed by atoms with Gasteiger partial charge in [0.05, 0.1) is 32.1 Å². The number of hydrogen-bond donors (Lipinski definition) is 2. The molecule has 0 saturated carbocycles. The highest BCUT2D eigenvalue weighted by Crippen LogP contribution is 2.41. The zero-order chi connectivity index (χ0) is 22.1. The van der Waals surface area contributed by atoms with Crippen LogP contribution in [0.2, 0.25) is 0 Å². The molecule has 2 aromatic rings. The number of rotatable bonds is 5. The number of halogens is 1. The monoisotopic (exact) mass is 489 g/mol. The molecule has 166 valence electrons. The molecule has 3 heterocycles. The van der Waals surface area contributed by atoms with E-state index in [1.807, 2.05) is 30.9 Å². The molecule has 0 unspecified atom stereocenters. The first-order valence-electron chi connectivity index (χ1n) is 10.6. The number of nitrogens with zero attached hydrogens (tertiary/aromatic N) is 1. The number of fused-ring (bicyclic) bond motifs is 1. The Balaban J connectivity index is 1.66. The third-order valence-electron chi connectivity index (χ3n) is 6.14. The molecule has 7 nitrogen and oxygen atoms in total. The molecule has 1 fully saturated rings. The number of amides is 2. The van der Waals surface area contributed by atoms with Gasteiger partial charge in [-0.2, -0.15) is 0 Å². The lowest BCUT2D eigenvalue weighted by molar-refractivity contribution is -0.135. The van der Waals surface area contributed by atoms with E-state index in [2.05, 4.69) is 38.4 Å². The summed E-state index contributed by atoms with van der Waals surface area (Å²) in [5.41, 5.74) is 5.54. The maximum atomic E-state index is 13.4. The first kappa shape index (κ1) is 21.9. The van der Waals surface area contributed by atoms with Gasteiger partial charge in [0.2, 0.25) is 5.91 Å². The van der Waals surface area contributed by atoms with Crippen LogP contribution >= 0.6 is 15.9 Å². The van der Waals surface area contributed by atoms with Gasteiger partial charge in [0.25, 0.3) is 0 Å². The number of likely N-dealkylation sites (tertiary alicyclic amines) is 1. The summed E-state index contributed by atoms with van der Waals surface area (Å²) in [4.78, 5) is 30.8. The first-order valence-corrected chi connectivity index (χ1v) is 11.4. The Labute approximate surface area is 190 Å². The van der Waals surface area contributed by atoms with Gasteiger partial charge in [-0.1, -0.05) is 41.9 Å². The Morgan fingerprint density at radius 1 is 1.23 bits per heavy atom. The van der Waals surface area contributed by atoms with Crippen molar-refractivity contribution in [3.63, 3.8) is 0 Å². The lowest BCUT2D eigenvalue weighted by Gasteiger charge is -2.31. The summed E-state index contributed by atoms with van der Waals surface area (Å²) >= 11 is 3.49. The van der Waals surface area contributed by atoms with E-state index in [0.29, 0.717) is 19.8 Å². The predicted molar refractivity (Wildman–Crippen MR) is 120 cm³/mol. The van der Waals surface area contributed by atoms with Crippen LogP contribution in [0.4, 0.5) is 4.79 Å². The second-order valence-corrected chi connectivity index (χ2v) is 9.33. The van der Waals surface area contributed by atoms with Crippen molar-refractivity contribution < 1.29 is 19.1 Å². The molecule has 8 heteroatoms. The Morgan fingerprint density at radius 3 is 2.61 bits per heavy atom. The number of H-pyrrole nitrogens is 1. The molecule has 0 spiro atoms. The van der Waals surface area contributed by atoms with Crippen molar-refractivity contribution in [2.24, 2.45) is 5.92 Å². The second kappa shape index (κ2) is 9.04. The fourth-order valence-electron chi connectivity index (χ4n) is 4.53. The molecule has 31 heavy (non-hydrogen) atoms. The molecule has 0 radical (unpaired) electrons. The first-order chi connectivity index (χ1) is 14.9. The molecule has 2 aliphatic rings. The summed E-state index contributed by atoms with van der Waals surface area (Å²) in [6.07, 6.45) is 1.21. The Hall–Kier alpha value is -2.32. The summed E-state index contributed by atoms with van der Waals surface area (Å²) in [7, 11) is 1.31. The molecule has 2 amide bonds. The topological polar surface area (TPSA) is 83.7 Å². The lowest BCUT2D eigenvalue weighted by atomic mass is 10.0. The van der Waals surface area contributed by atoms with Gasteiger partial charge in [-0.25, -0.2) is 4.79 Å². The number of benzene rings is 1. The van der Waals surface area contributed by atoms with Crippen LogP contribution < -0.4 is 5.32 Å². The number of carbonyl (C=O) groups excluding carboxylic acids is 2. The van der Waals surface area contributed by atoms with E-state index in [0.717, 1.165) is 39.8 Å². The minimum absolute atomic E-state index is 0.0520. The van der Waals surface area contributed by atoms with Gasteiger partial charge in [0.1, 0.15) is 6.04 Å². The number of hydrogen-bond acceptors (Lipinski definition) is 4. The number of nitrogens with one attached hydrogen (secondary N) is 2. The van der Waals surface area contributed by atoms with Crippen LogP contribution in [0.15, 0.2) is 28.7 Å². The van der Waals surface area contributed by atoms with Crippen LogP contribution in [0.1, 0.15) is 49.6 Å². The van der Waals surface area contributed by atoms with E-state index in [9.17, 15) is 9.59 Å². The van der Waals surface area contributed by atoms with E-state index in [1.54, 1.807) is 0 Å². The van der Waals surface area contributed by atoms with Gasteiger partial charge < -0.3 is 24.7 Å². The Kier molecular flexibility index (Phi) is 6.39. The highest BCUT2D eigenvalue weighted by Gasteiger charge is 2.39. The number of methoxy groups -OCH3 is 1. The van der Waals surface area contributed by atoms with Crippen molar-refractivity contribution in [2.45, 2.75) is 52.0 Å². The normalized spacial score (nSPS) is 18.9. The van der Waals surface area contributed by atoms with E-state index >= 15 is 0 Å². The van der Waals surface area contributed by atoms with Gasteiger partial charge in [0, 0.05) is 27.8 Å². The molecule has 0 aliphatic carbocycles. The van der Waals surface area contributed by atoms with Crippen molar-refractivity contribution in [3.8, 4) is 11.3 Å². The smallest absolute Gasteiger partial charge is 0.407 e. The van der Waals surface area contributed by atoms with Gasteiger partial charge >= 0.3 is 6.09 Å². The highest BCUT2D eigenvalue weighted by atomic mass is 79.9. The van der Waals surface area contributed by atoms with Gasteiger partial charge in [-0.05, 0) is 36.5 Å². The molecule has 2 atom stereocenters. The summed E-state index contributed by atoms with van der Waals surface area (Å²) in [6.45, 7) is 5.63. The van der Waals surface area contributed by atoms with E-state index in [4.69, 9.17) is 9.47 Å². The quantitative estimate of drug-likeness (QED) is 0.646. The standard InChI is InChI=1S/C23H28BrN3O4/c1-13(2)19(26-23(29)30-3)22(28)27-10-4-5-18(27)21-17-12-31-11-16(17)20(25-21)14-6-8-15(24)9-7-14/h6-9,13,18-19,25H,4-5,10-12H2,1-3H3,(H,26,29)/t18-,19+/m1/s1. The fourth-order valence-corrected chi connectivity index (χ4v) is 4.80. The number of aromatic amines is 1. The fraction of sp³-hybridized carbons (Fsp3) is 0.478. The number of alkyl carbamates (subject to hydrolysis) is 1. The number of ether oxygens (including phenoxy) is 2. The third kappa shape index (κ3) is 4.23. The van der Waals surface area contributed by atoms with E-state index in [-0.39, 0.29) is 17.9 Å². The molecule has 4 rings (SSSR count). The van der Waals surface area contributed by atoms with Crippen molar-refractivity contribution in [3.05, 3.63) is 45.6 Å². The summed E-state index contributed by atoms with van der Waals surface area (Å²) in [5, 5.41) is 2.71. The minimum Gasteiger partial charge on any atom is -0.453 e. The SMILES string of the molecule is COC(=O)N[C@H](C(=O)N1CCC[C@@H]1c1[nH]c(-c2ccc(Br)cc2)c2c1COC2)C(C)C. The number of aromatic nitrogens is 1. The highest BCUT2D eigenvalue weighted by molar-refractivity contribution is 9.10. The lowest BCUT2D eigenvalue weighted by Crippen LogP contribution is -2.51. The van der Waals surface area contributed by atoms with Crippen molar-refractivity contribution in [2.75, 3.05) is 13.7 Å². The van der Waals surface area contributed by atoms with E-state index < -0.39 is 12.1 Å². The third-order valence-corrected chi connectivity index (χ3v) is 6.67. The molecule has 0 bridgehead atoms. The maximum Gasteiger partial charge on any atom is 0.407 e. The van der Waals surface area contributed by atoms with Crippen molar-refractivity contribution in [1.82, 2.24) is 15.2 Å². The van der Waals surface area contributed by atoms with Crippen LogP contribution in [0.3, 0.4) is 0 Å². The Bertz CT molecular complexity index is 970. The average molecular weight is 490 g/mol. The summed E-state index contributed by atoms with van der Waals surface area (Å²) in [6, 6.07) is 7.51. The van der Waals surface area contributed by atoms with Crippen molar-refractivity contribution in [1.29, 1.82) is 0 Å². The van der Waals surface area contributed by atoms with Crippen LogP contribution in [0, 0.1) is 5.92 Å².